The van der Waals surface area contributed by atoms with Gasteiger partial charge in [-0.3, -0.25) is 4.79 Å². The Balaban J connectivity index is 1.92. The highest BCUT2D eigenvalue weighted by Gasteiger charge is 2.31. The van der Waals surface area contributed by atoms with Crippen molar-refractivity contribution in [3.63, 3.8) is 0 Å². The largest absolute Gasteiger partial charge is 0.274 e. The summed E-state index contributed by atoms with van der Waals surface area (Å²) in [5.41, 5.74) is 2.78. The van der Waals surface area contributed by atoms with Crippen molar-refractivity contribution in [2.45, 2.75) is 19.4 Å². The third kappa shape index (κ3) is 2.35. The predicted octanol–water partition coefficient (Wildman–Crippen LogP) is 3.65. The second-order valence-electron chi connectivity index (χ2n) is 4.98. The van der Waals surface area contributed by atoms with Gasteiger partial charge in [0.05, 0.1) is 6.04 Å². The number of hydrogen-bond acceptors (Lipinski definition) is 2. The van der Waals surface area contributed by atoms with E-state index in [-0.39, 0.29) is 11.9 Å². The second-order valence-corrected chi connectivity index (χ2v) is 4.98. The quantitative estimate of drug-likeness (QED) is 0.815. The normalized spacial score (nSPS) is 17.9. The van der Waals surface area contributed by atoms with Crippen molar-refractivity contribution in [3.8, 4) is 0 Å². The third-order valence-corrected chi connectivity index (χ3v) is 3.48. The zero-order chi connectivity index (χ0) is 13.9. The van der Waals surface area contributed by atoms with Gasteiger partial charge in [0.2, 0.25) is 0 Å². The van der Waals surface area contributed by atoms with Crippen LogP contribution in [0.15, 0.2) is 65.8 Å². The van der Waals surface area contributed by atoms with Gasteiger partial charge in [-0.25, -0.2) is 5.01 Å². The standard InChI is InChI=1S/C17H16N2O/c1-13-12-16(14-8-4-2-5-9-14)19(18-13)17(20)15-10-6-3-7-11-15/h2-11,16H,12H2,1H3/t16-/m1/s1. The van der Waals surface area contributed by atoms with Crippen LogP contribution in [-0.2, 0) is 0 Å². The number of amides is 1. The van der Waals surface area contributed by atoms with Crippen LogP contribution < -0.4 is 0 Å². The molecule has 0 fully saturated rings. The number of rotatable bonds is 2. The Hall–Kier alpha value is -2.42. The Labute approximate surface area is 118 Å². The number of hydrazone groups is 1. The Morgan fingerprint density at radius 2 is 1.65 bits per heavy atom. The molecule has 0 saturated carbocycles. The molecule has 0 bridgehead atoms. The first-order valence-electron chi connectivity index (χ1n) is 6.73. The molecule has 0 saturated heterocycles. The van der Waals surface area contributed by atoms with Gasteiger partial charge in [0.15, 0.2) is 0 Å². The zero-order valence-electron chi connectivity index (χ0n) is 11.4. The van der Waals surface area contributed by atoms with Crippen molar-refractivity contribution in [1.82, 2.24) is 5.01 Å². The summed E-state index contributed by atoms with van der Waals surface area (Å²) in [5.74, 6) is -0.0451. The molecule has 1 amide bonds. The molecule has 3 heteroatoms. The molecule has 1 aliphatic heterocycles. The molecule has 0 unspecified atom stereocenters. The third-order valence-electron chi connectivity index (χ3n) is 3.48. The number of nitrogens with zero attached hydrogens (tertiary/aromatic N) is 2. The van der Waals surface area contributed by atoms with E-state index in [0.717, 1.165) is 17.7 Å². The molecule has 20 heavy (non-hydrogen) atoms. The molecular formula is C17H16N2O. The number of carbonyl (C=O) groups is 1. The van der Waals surface area contributed by atoms with Crippen LogP contribution in [0.1, 0.15) is 35.3 Å². The van der Waals surface area contributed by atoms with Crippen molar-refractivity contribution < 1.29 is 4.79 Å². The average Bonchev–Trinajstić information content (AvgIpc) is 2.90. The maximum absolute atomic E-state index is 12.6. The minimum Gasteiger partial charge on any atom is -0.267 e. The van der Waals surface area contributed by atoms with Crippen LogP contribution in [0.25, 0.3) is 0 Å². The molecular weight excluding hydrogens is 248 g/mol. The summed E-state index contributed by atoms with van der Waals surface area (Å²) in [6.45, 7) is 1.97. The van der Waals surface area contributed by atoms with Crippen LogP contribution in [0, 0.1) is 0 Å². The lowest BCUT2D eigenvalue weighted by Gasteiger charge is -2.22. The molecule has 1 atom stereocenters. The molecule has 3 rings (SSSR count). The first-order valence-corrected chi connectivity index (χ1v) is 6.73. The summed E-state index contributed by atoms with van der Waals surface area (Å²) >= 11 is 0. The van der Waals surface area contributed by atoms with E-state index in [1.54, 1.807) is 5.01 Å². The van der Waals surface area contributed by atoms with Gasteiger partial charge in [-0.05, 0) is 24.6 Å². The number of carbonyl (C=O) groups excluding carboxylic acids is 1. The minimum atomic E-state index is -0.0451. The van der Waals surface area contributed by atoms with Gasteiger partial charge in [-0.1, -0.05) is 48.5 Å². The lowest BCUT2D eigenvalue weighted by atomic mass is 10.0. The van der Waals surface area contributed by atoms with Crippen LogP contribution in [-0.4, -0.2) is 16.6 Å². The molecule has 0 aliphatic carbocycles. The van der Waals surface area contributed by atoms with Gasteiger partial charge in [-0.2, -0.15) is 5.10 Å². The van der Waals surface area contributed by atoms with E-state index < -0.39 is 0 Å². The number of hydrogen-bond donors (Lipinski definition) is 0. The van der Waals surface area contributed by atoms with Gasteiger partial charge < -0.3 is 0 Å². The average molecular weight is 264 g/mol. The summed E-state index contributed by atoms with van der Waals surface area (Å²) in [6, 6.07) is 19.4. The highest BCUT2D eigenvalue weighted by Crippen LogP contribution is 2.31. The van der Waals surface area contributed by atoms with E-state index in [0.29, 0.717) is 5.56 Å². The molecule has 1 heterocycles. The SMILES string of the molecule is CC1=NN(C(=O)c2ccccc2)[C@@H](c2ccccc2)C1. The van der Waals surface area contributed by atoms with Gasteiger partial charge >= 0.3 is 0 Å². The zero-order valence-corrected chi connectivity index (χ0v) is 11.4. The smallest absolute Gasteiger partial charge is 0.267 e. The first-order chi connectivity index (χ1) is 9.75. The topological polar surface area (TPSA) is 32.7 Å². The van der Waals surface area contributed by atoms with Crippen LogP contribution in [0.4, 0.5) is 0 Å². The summed E-state index contributed by atoms with van der Waals surface area (Å²) < 4.78 is 0. The van der Waals surface area contributed by atoms with Crippen LogP contribution >= 0.6 is 0 Å². The fourth-order valence-corrected chi connectivity index (χ4v) is 2.49. The van der Waals surface area contributed by atoms with E-state index in [1.165, 1.54) is 0 Å². The monoisotopic (exact) mass is 264 g/mol. The van der Waals surface area contributed by atoms with Crippen molar-refractivity contribution in [2.75, 3.05) is 0 Å². The lowest BCUT2D eigenvalue weighted by Crippen LogP contribution is -2.27. The van der Waals surface area contributed by atoms with Gasteiger partial charge in [0.1, 0.15) is 0 Å². The minimum absolute atomic E-state index is 0.00362. The van der Waals surface area contributed by atoms with E-state index in [2.05, 4.69) is 5.10 Å². The van der Waals surface area contributed by atoms with Crippen LogP contribution in [0.2, 0.25) is 0 Å². The molecule has 3 nitrogen and oxygen atoms in total. The van der Waals surface area contributed by atoms with Crippen molar-refractivity contribution in [3.05, 3.63) is 71.8 Å². The molecule has 0 radical (unpaired) electrons. The Kier molecular flexibility index (Phi) is 3.33. The molecule has 0 spiro atoms. The fraction of sp³-hybridized carbons (Fsp3) is 0.176. The van der Waals surface area contributed by atoms with Gasteiger partial charge in [-0.15, -0.1) is 0 Å². The molecule has 2 aromatic rings. The second kappa shape index (κ2) is 5.29. The van der Waals surface area contributed by atoms with Crippen molar-refractivity contribution in [2.24, 2.45) is 5.10 Å². The van der Waals surface area contributed by atoms with E-state index in [9.17, 15) is 4.79 Å². The van der Waals surface area contributed by atoms with Crippen molar-refractivity contribution in [1.29, 1.82) is 0 Å². The lowest BCUT2D eigenvalue weighted by molar-refractivity contribution is 0.0711. The van der Waals surface area contributed by atoms with E-state index in [4.69, 9.17) is 0 Å². The molecule has 0 N–H and O–H groups in total. The molecule has 100 valence electrons. The Bertz CT molecular complexity index is 635. The fourth-order valence-electron chi connectivity index (χ4n) is 2.49. The summed E-state index contributed by atoms with van der Waals surface area (Å²) in [7, 11) is 0. The summed E-state index contributed by atoms with van der Waals surface area (Å²) in [4.78, 5) is 12.6. The molecule has 2 aromatic carbocycles. The molecule has 0 aromatic heterocycles. The maximum Gasteiger partial charge on any atom is 0.274 e. The van der Waals surface area contributed by atoms with Crippen LogP contribution in [0.5, 0.6) is 0 Å². The van der Waals surface area contributed by atoms with Gasteiger partial charge in [0.25, 0.3) is 5.91 Å². The van der Waals surface area contributed by atoms with Crippen LogP contribution in [0.3, 0.4) is 0 Å². The first kappa shape index (κ1) is 12.6. The number of benzene rings is 2. The van der Waals surface area contributed by atoms with E-state index in [1.807, 2.05) is 67.6 Å². The predicted molar refractivity (Wildman–Crippen MR) is 79.5 cm³/mol. The highest BCUT2D eigenvalue weighted by atomic mass is 16.2. The van der Waals surface area contributed by atoms with E-state index >= 15 is 0 Å². The summed E-state index contributed by atoms with van der Waals surface area (Å²) in [5, 5.41) is 6.03. The maximum atomic E-state index is 12.6. The Morgan fingerprint density at radius 1 is 1.05 bits per heavy atom. The van der Waals surface area contributed by atoms with Crippen molar-refractivity contribution >= 4 is 11.6 Å². The Morgan fingerprint density at radius 3 is 2.30 bits per heavy atom. The summed E-state index contributed by atoms with van der Waals surface area (Å²) in [6.07, 6.45) is 0.794. The molecule has 1 aliphatic rings. The van der Waals surface area contributed by atoms with Gasteiger partial charge in [0, 0.05) is 17.7 Å². The highest BCUT2D eigenvalue weighted by molar-refractivity contribution is 5.97.